The number of hydrogen-bond donors (Lipinski definition) is 1. The highest BCUT2D eigenvalue weighted by molar-refractivity contribution is 8.00. The summed E-state index contributed by atoms with van der Waals surface area (Å²) in [5.74, 6) is 0.675. The van der Waals surface area contributed by atoms with E-state index >= 15 is 0 Å². The lowest BCUT2D eigenvalue weighted by molar-refractivity contribution is -0.116. The van der Waals surface area contributed by atoms with Crippen molar-refractivity contribution in [3.63, 3.8) is 0 Å². The smallest absolute Gasteiger partial charge is 0.236 e. The summed E-state index contributed by atoms with van der Waals surface area (Å²) in [6, 6.07) is 12.9. The van der Waals surface area contributed by atoms with E-state index in [9.17, 15) is 9.59 Å². The maximum atomic E-state index is 12.4. The first-order valence-electron chi connectivity index (χ1n) is 8.53. The molecule has 0 aliphatic rings. The number of anilines is 2. The van der Waals surface area contributed by atoms with E-state index in [1.54, 1.807) is 17.0 Å². The zero-order valence-corrected chi connectivity index (χ0v) is 17.2. The molecule has 2 amide bonds. The SMILES string of the molecule is CCN(C(=O)CSCC(=O)Nc1cc(C)c(Cl)cc1OC)c1ccccc1. The van der Waals surface area contributed by atoms with Gasteiger partial charge in [0.15, 0.2) is 0 Å². The number of ether oxygens (including phenoxy) is 1. The zero-order chi connectivity index (χ0) is 19.8. The number of aryl methyl sites for hydroxylation is 1. The van der Waals surface area contributed by atoms with Crippen LogP contribution in [0.15, 0.2) is 42.5 Å². The Kier molecular flexibility index (Phi) is 8.00. The number of rotatable bonds is 8. The lowest BCUT2D eigenvalue weighted by Gasteiger charge is -2.20. The van der Waals surface area contributed by atoms with Crippen LogP contribution in [0.2, 0.25) is 5.02 Å². The van der Waals surface area contributed by atoms with E-state index in [-0.39, 0.29) is 23.3 Å². The number of amides is 2. The van der Waals surface area contributed by atoms with Crippen molar-refractivity contribution < 1.29 is 14.3 Å². The minimum absolute atomic E-state index is 0.0265. The molecule has 0 spiro atoms. The van der Waals surface area contributed by atoms with Crippen molar-refractivity contribution in [3.05, 3.63) is 53.1 Å². The first-order chi connectivity index (χ1) is 13.0. The largest absolute Gasteiger partial charge is 0.495 e. The van der Waals surface area contributed by atoms with Crippen LogP contribution in [-0.4, -0.2) is 37.0 Å². The summed E-state index contributed by atoms with van der Waals surface area (Å²) in [5.41, 5.74) is 2.27. The zero-order valence-electron chi connectivity index (χ0n) is 15.6. The summed E-state index contributed by atoms with van der Waals surface area (Å²) >= 11 is 7.35. The number of benzene rings is 2. The Balaban J connectivity index is 1.89. The van der Waals surface area contributed by atoms with Gasteiger partial charge in [-0.1, -0.05) is 29.8 Å². The fourth-order valence-corrected chi connectivity index (χ4v) is 3.38. The summed E-state index contributed by atoms with van der Waals surface area (Å²) in [4.78, 5) is 26.4. The molecule has 0 fully saturated rings. The summed E-state index contributed by atoms with van der Waals surface area (Å²) in [6.07, 6.45) is 0. The summed E-state index contributed by atoms with van der Waals surface area (Å²) in [6.45, 7) is 4.36. The Hall–Kier alpha value is -2.18. The van der Waals surface area contributed by atoms with E-state index in [1.165, 1.54) is 18.9 Å². The number of carbonyl (C=O) groups is 2. The lowest BCUT2D eigenvalue weighted by atomic mass is 10.2. The number of nitrogens with zero attached hydrogens (tertiary/aromatic N) is 1. The van der Waals surface area contributed by atoms with Crippen LogP contribution in [0.4, 0.5) is 11.4 Å². The van der Waals surface area contributed by atoms with E-state index in [0.29, 0.717) is 23.0 Å². The van der Waals surface area contributed by atoms with Crippen LogP contribution in [0.3, 0.4) is 0 Å². The van der Waals surface area contributed by atoms with Crippen molar-refractivity contribution in [2.75, 3.05) is 35.4 Å². The van der Waals surface area contributed by atoms with Crippen LogP contribution >= 0.6 is 23.4 Å². The van der Waals surface area contributed by atoms with Crippen LogP contribution in [0, 0.1) is 6.92 Å². The molecule has 0 aromatic heterocycles. The third-order valence-electron chi connectivity index (χ3n) is 3.90. The molecular formula is C20H23ClN2O3S. The van der Waals surface area contributed by atoms with Gasteiger partial charge in [-0.3, -0.25) is 9.59 Å². The quantitative estimate of drug-likeness (QED) is 0.706. The van der Waals surface area contributed by atoms with Crippen molar-refractivity contribution >= 4 is 46.6 Å². The summed E-state index contributed by atoms with van der Waals surface area (Å²) < 4.78 is 5.25. The Morgan fingerprint density at radius 1 is 1.19 bits per heavy atom. The fourth-order valence-electron chi connectivity index (χ4n) is 2.54. The van der Waals surface area contributed by atoms with Crippen LogP contribution < -0.4 is 15.0 Å². The van der Waals surface area contributed by atoms with Gasteiger partial charge >= 0.3 is 0 Å². The maximum absolute atomic E-state index is 12.4. The number of thioether (sulfide) groups is 1. The number of methoxy groups -OCH3 is 1. The third kappa shape index (κ3) is 5.91. The molecule has 144 valence electrons. The van der Waals surface area contributed by atoms with E-state index < -0.39 is 0 Å². The number of halogens is 1. The van der Waals surface area contributed by atoms with Gasteiger partial charge in [-0.15, -0.1) is 11.8 Å². The summed E-state index contributed by atoms with van der Waals surface area (Å²) in [5, 5.41) is 3.38. The van der Waals surface area contributed by atoms with Gasteiger partial charge in [0.2, 0.25) is 11.8 Å². The van der Waals surface area contributed by atoms with Crippen molar-refractivity contribution in [3.8, 4) is 5.75 Å². The second-order valence-corrected chi connectivity index (χ2v) is 7.21. The predicted molar refractivity (Wildman–Crippen MR) is 113 cm³/mol. The first kappa shape index (κ1) is 21.1. The molecule has 1 N–H and O–H groups in total. The minimum atomic E-state index is -0.199. The van der Waals surface area contributed by atoms with Gasteiger partial charge in [0.1, 0.15) is 5.75 Å². The van der Waals surface area contributed by atoms with Gasteiger partial charge in [0, 0.05) is 23.3 Å². The molecule has 27 heavy (non-hydrogen) atoms. The average molecular weight is 407 g/mol. The monoisotopic (exact) mass is 406 g/mol. The molecule has 0 radical (unpaired) electrons. The van der Waals surface area contributed by atoms with Crippen LogP contribution in [0.1, 0.15) is 12.5 Å². The molecule has 2 aromatic rings. The molecule has 0 saturated heterocycles. The molecule has 0 unspecified atom stereocenters. The number of nitrogens with one attached hydrogen (secondary N) is 1. The molecule has 0 heterocycles. The van der Waals surface area contributed by atoms with Crippen molar-refractivity contribution in [2.45, 2.75) is 13.8 Å². The van der Waals surface area contributed by atoms with Crippen molar-refractivity contribution in [2.24, 2.45) is 0 Å². The van der Waals surface area contributed by atoms with Crippen LogP contribution in [0.5, 0.6) is 5.75 Å². The highest BCUT2D eigenvalue weighted by Gasteiger charge is 2.15. The maximum Gasteiger partial charge on any atom is 0.236 e. The van der Waals surface area contributed by atoms with Crippen LogP contribution in [-0.2, 0) is 9.59 Å². The topological polar surface area (TPSA) is 58.6 Å². The molecule has 7 heteroatoms. The molecule has 2 rings (SSSR count). The van der Waals surface area contributed by atoms with E-state index in [0.717, 1.165) is 11.3 Å². The second-order valence-electron chi connectivity index (χ2n) is 5.82. The van der Waals surface area contributed by atoms with Gasteiger partial charge in [0.05, 0.1) is 24.3 Å². The highest BCUT2D eigenvalue weighted by Crippen LogP contribution is 2.31. The molecule has 0 bridgehead atoms. The van der Waals surface area contributed by atoms with E-state index in [2.05, 4.69) is 5.32 Å². The Morgan fingerprint density at radius 3 is 2.52 bits per heavy atom. The molecule has 0 saturated carbocycles. The normalized spacial score (nSPS) is 10.4. The standard InChI is InChI=1S/C20H23ClN2O3S/c1-4-23(15-8-6-5-7-9-15)20(25)13-27-12-19(24)22-17-10-14(2)16(21)11-18(17)26-3/h5-11H,4,12-13H2,1-3H3,(H,22,24). The number of carbonyl (C=O) groups excluding carboxylic acids is 2. The molecule has 5 nitrogen and oxygen atoms in total. The first-order valence-corrected chi connectivity index (χ1v) is 10.1. The number of hydrogen-bond acceptors (Lipinski definition) is 4. The minimum Gasteiger partial charge on any atom is -0.495 e. The Bertz CT molecular complexity index is 799. The number of para-hydroxylation sites is 1. The molecular weight excluding hydrogens is 384 g/mol. The van der Waals surface area contributed by atoms with E-state index in [1.807, 2.05) is 44.2 Å². The molecule has 0 aliphatic heterocycles. The van der Waals surface area contributed by atoms with Gasteiger partial charge in [-0.05, 0) is 37.6 Å². The van der Waals surface area contributed by atoms with Gasteiger partial charge in [0.25, 0.3) is 0 Å². The Morgan fingerprint density at radius 2 is 1.89 bits per heavy atom. The third-order valence-corrected chi connectivity index (χ3v) is 5.22. The van der Waals surface area contributed by atoms with Crippen LogP contribution in [0.25, 0.3) is 0 Å². The fraction of sp³-hybridized carbons (Fsp3) is 0.300. The van der Waals surface area contributed by atoms with Crippen molar-refractivity contribution in [1.29, 1.82) is 0 Å². The van der Waals surface area contributed by atoms with Gasteiger partial charge in [-0.2, -0.15) is 0 Å². The molecule has 0 aliphatic carbocycles. The lowest BCUT2D eigenvalue weighted by Crippen LogP contribution is -2.32. The molecule has 2 aromatic carbocycles. The average Bonchev–Trinajstić information content (AvgIpc) is 2.66. The van der Waals surface area contributed by atoms with Gasteiger partial charge < -0.3 is 15.0 Å². The second kappa shape index (κ2) is 10.2. The van der Waals surface area contributed by atoms with E-state index in [4.69, 9.17) is 16.3 Å². The summed E-state index contributed by atoms with van der Waals surface area (Å²) in [7, 11) is 1.52. The Labute approximate surface area is 169 Å². The highest BCUT2D eigenvalue weighted by atomic mass is 35.5. The van der Waals surface area contributed by atoms with Crippen molar-refractivity contribution in [1.82, 2.24) is 0 Å². The predicted octanol–water partition coefficient (Wildman–Crippen LogP) is 4.38. The molecule has 0 atom stereocenters. The van der Waals surface area contributed by atoms with Gasteiger partial charge in [-0.25, -0.2) is 0 Å².